The number of anilines is 1. The molecule has 6 heteroatoms. The second kappa shape index (κ2) is 5.04. The molecule has 1 aliphatic rings. The zero-order valence-corrected chi connectivity index (χ0v) is 11.9. The highest BCUT2D eigenvalue weighted by Gasteiger charge is 2.23. The lowest BCUT2D eigenvalue weighted by Gasteiger charge is -2.10. The van der Waals surface area contributed by atoms with Gasteiger partial charge >= 0.3 is 5.97 Å². The smallest absolute Gasteiger partial charge is 0.357 e. The first-order chi connectivity index (χ1) is 10.5. The largest absolute Gasteiger partial charge is 0.464 e. The minimum absolute atomic E-state index is 0.0888. The van der Waals surface area contributed by atoms with Crippen molar-refractivity contribution in [3.05, 3.63) is 46.8 Å². The summed E-state index contributed by atoms with van der Waals surface area (Å²) in [6.07, 6.45) is 2.33. The van der Waals surface area contributed by atoms with Gasteiger partial charge in [0.1, 0.15) is 11.9 Å². The molecule has 0 bridgehead atoms. The molecule has 1 aliphatic carbocycles. The van der Waals surface area contributed by atoms with Gasteiger partial charge in [-0.1, -0.05) is 6.07 Å². The summed E-state index contributed by atoms with van der Waals surface area (Å²) in [6.45, 7) is 0. The number of ether oxygens (including phenoxy) is 1. The van der Waals surface area contributed by atoms with Crippen molar-refractivity contribution >= 4 is 17.4 Å². The van der Waals surface area contributed by atoms with Gasteiger partial charge in [-0.25, -0.2) is 4.79 Å². The van der Waals surface area contributed by atoms with Gasteiger partial charge in [0.05, 0.1) is 18.4 Å². The fourth-order valence-corrected chi connectivity index (χ4v) is 2.70. The molecule has 0 aliphatic heterocycles. The highest BCUT2D eigenvalue weighted by atomic mass is 16.5. The minimum atomic E-state index is -0.615. The van der Waals surface area contributed by atoms with Gasteiger partial charge in [0, 0.05) is 24.7 Å². The molecule has 22 heavy (non-hydrogen) atoms. The van der Waals surface area contributed by atoms with Crippen LogP contribution in [0.2, 0.25) is 0 Å². The number of carbonyl (C=O) groups excluding carboxylic acids is 2. The molecule has 1 aromatic carbocycles. The van der Waals surface area contributed by atoms with E-state index in [4.69, 9.17) is 15.7 Å². The molecule has 0 saturated carbocycles. The van der Waals surface area contributed by atoms with Crippen LogP contribution in [-0.2, 0) is 22.4 Å². The first kappa shape index (κ1) is 13.9. The third kappa shape index (κ3) is 2.04. The average Bonchev–Trinajstić information content (AvgIpc) is 3.04. The second-order valence-corrected chi connectivity index (χ2v) is 5.12. The summed E-state index contributed by atoms with van der Waals surface area (Å²) >= 11 is 0. The Hall–Kier alpha value is -3.07. The number of aromatic nitrogens is 1. The molecule has 2 N–H and O–H groups in total. The van der Waals surface area contributed by atoms with Crippen LogP contribution in [0.15, 0.2) is 24.4 Å². The molecule has 1 aromatic heterocycles. The number of esters is 1. The molecule has 0 spiro atoms. The van der Waals surface area contributed by atoms with Gasteiger partial charge in [0.2, 0.25) is 0 Å². The van der Waals surface area contributed by atoms with Crippen LogP contribution in [-0.4, -0.2) is 23.4 Å². The summed E-state index contributed by atoms with van der Waals surface area (Å²) in [5.74, 6) is -0.444. The number of rotatable bonds is 2. The fourth-order valence-electron chi connectivity index (χ4n) is 2.70. The summed E-state index contributed by atoms with van der Waals surface area (Å²) in [4.78, 5) is 23.5. The normalized spacial score (nSPS) is 12.8. The van der Waals surface area contributed by atoms with E-state index in [1.165, 1.54) is 17.9 Å². The molecule has 0 fully saturated rings. The first-order valence-corrected chi connectivity index (χ1v) is 6.68. The lowest BCUT2D eigenvalue weighted by atomic mass is 10.1. The Morgan fingerprint density at radius 2 is 2.09 bits per heavy atom. The molecule has 0 radical (unpaired) electrons. The number of fused-ring (bicyclic) bond motifs is 1. The number of hydrogen-bond acceptors (Lipinski definition) is 5. The van der Waals surface area contributed by atoms with Crippen molar-refractivity contribution < 1.29 is 14.3 Å². The number of nitrogens with two attached hydrogens (primary N) is 1. The lowest BCUT2D eigenvalue weighted by Crippen LogP contribution is -2.11. The van der Waals surface area contributed by atoms with E-state index in [0.29, 0.717) is 18.5 Å². The van der Waals surface area contributed by atoms with Gasteiger partial charge < -0.3 is 15.0 Å². The third-order valence-corrected chi connectivity index (χ3v) is 3.79. The van der Waals surface area contributed by atoms with Crippen molar-refractivity contribution in [3.63, 3.8) is 0 Å². The van der Waals surface area contributed by atoms with Crippen molar-refractivity contribution in [2.24, 2.45) is 0 Å². The zero-order chi connectivity index (χ0) is 15.9. The van der Waals surface area contributed by atoms with Gasteiger partial charge in [-0.2, -0.15) is 5.26 Å². The first-order valence-electron chi connectivity index (χ1n) is 6.68. The predicted octanol–water partition coefficient (Wildman–Crippen LogP) is 1.39. The van der Waals surface area contributed by atoms with Crippen LogP contribution >= 0.6 is 0 Å². The van der Waals surface area contributed by atoms with E-state index in [1.54, 1.807) is 6.07 Å². The van der Waals surface area contributed by atoms with E-state index in [9.17, 15) is 9.59 Å². The summed E-state index contributed by atoms with van der Waals surface area (Å²) in [6, 6.07) is 7.45. The van der Waals surface area contributed by atoms with E-state index in [0.717, 1.165) is 11.1 Å². The molecule has 6 nitrogen and oxygen atoms in total. The number of ketones is 1. The van der Waals surface area contributed by atoms with E-state index in [1.807, 2.05) is 18.2 Å². The lowest BCUT2D eigenvalue weighted by molar-refractivity contribution is -0.117. The van der Waals surface area contributed by atoms with Crippen LogP contribution in [0.1, 0.15) is 27.2 Å². The molecule has 1 heterocycles. The maximum absolute atomic E-state index is 12.0. The maximum Gasteiger partial charge on any atom is 0.357 e. The number of nitriles is 1. The SMILES string of the molecule is COC(=O)c1c(N)c(C#N)cn1-c1ccc2c(c1)CC(=O)C2. The maximum atomic E-state index is 12.0. The van der Waals surface area contributed by atoms with Gasteiger partial charge in [-0.15, -0.1) is 0 Å². The van der Waals surface area contributed by atoms with Gasteiger partial charge in [-0.3, -0.25) is 4.79 Å². The average molecular weight is 295 g/mol. The topological polar surface area (TPSA) is 98.1 Å². The highest BCUT2D eigenvalue weighted by molar-refractivity contribution is 5.96. The Morgan fingerprint density at radius 1 is 1.36 bits per heavy atom. The van der Waals surface area contributed by atoms with Crippen LogP contribution in [0.4, 0.5) is 5.69 Å². The van der Waals surface area contributed by atoms with Crippen molar-refractivity contribution in [2.75, 3.05) is 12.8 Å². The van der Waals surface area contributed by atoms with Crippen LogP contribution < -0.4 is 5.73 Å². The number of carbonyl (C=O) groups is 2. The molecule has 0 atom stereocenters. The Balaban J connectivity index is 2.17. The molecule has 0 amide bonds. The molecule has 0 saturated heterocycles. The Labute approximate surface area is 126 Å². The zero-order valence-electron chi connectivity index (χ0n) is 11.9. The molecule has 0 unspecified atom stereocenters. The molecule has 2 aromatic rings. The fraction of sp³-hybridized carbons (Fsp3) is 0.188. The Kier molecular flexibility index (Phi) is 3.18. The Morgan fingerprint density at radius 3 is 2.77 bits per heavy atom. The summed E-state index contributed by atoms with van der Waals surface area (Å²) < 4.78 is 6.27. The number of nitrogens with zero attached hydrogens (tertiary/aromatic N) is 2. The quantitative estimate of drug-likeness (QED) is 0.844. The van der Waals surface area contributed by atoms with E-state index in [2.05, 4.69) is 0 Å². The van der Waals surface area contributed by atoms with Crippen LogP contribution in [0, 0.1) is 11.3 Å². The van der Waals surface area contributed by atoms with Gasteiger partial charge in [0.15, 0.2) is 5.69 Å². The van der Waals surface area contributed by atoms with Crippen molar-refractivity contribution in [2.45, 2.75) is 12.8 Å². The van der Waals surface area contributed by atoms with Crippen molar-refractivity contribution in [3.8, 4) is 11.8 Å². The monoisotopic (exact) mass is 295 g/mol. The number of nitrogen functional groups attached to an aromatic ring is 1. The van der Waals surface area contributed by atoms with Gasteiger partial charge in [-0.05, 0) is 23.3 Å². The van der Waals surface area contributed by atoms with E-state index < -0.39 is 5.97 Å². The molecular weight excluding hydrogens is 282 g/mol. The van der Waals surface area contributed by atoms with Crippen molar-refractivity contribution in [1.82, 2.24) is 4.57 Å². The summed E-state index contributed by atoms with van der Waals surface area (Å²) in [5.41, 5.74) is 8.87. The van der Waals surface area contributed by atoms with Crippen molar-refractivity contribution in [1.29, 1.82) is 5.26 Å². The van der Waals surface area contributed by atoms with Crippen LogP contribution in [0.3, 0.4) is 0 Å². The number of methoxy groups -OCH3 is 1. The third-order valence-electron chi connectivity index (χ3n) is 3.79. The number of benzene rings is 1. The van der Waals surface area contributed by atoms with Crippen LogP contribution in [0.5, 0.6) is 0 Å². The number of Topliss-reactive ketones (excluding diaryl/α,β-unsaturated/α-hetero) is 1. The van der Waals surface area contributed by atoms with E-state index >= 15 is 0 Å². The summed E-state index contributed by atoms with van der Waals surface area (Å²) in [7, 11) is 1.26. The standard InChI is InChI=1S/C16H13N3O3/c1-22-16(21)15-14(18)11(7-17)8-19(15)12-3-2-9-5-13(20)6-10(9)4-12/h2-4,8H,5-6,18H2,1H3. The van der Waals surface area contributed by atoms with Crippen LogP contribution in [0.25, 0.3) is 5.69 Å². The molecule has 110 valence electrons. The molecule has 3 rings (SSSR count). The molecular formula is C16H13N3O3. The van der Waals surface area contributed by atoms with E-state index in [-0.39, 0.29) is 22.7 Å². The summed E-state index contributed by atoms with van der Waals surface area (Å²) in [5, 5.41) is 9.11. The minimum Gasteiger partial charge on any atom is -0.464 e. The Bertz CT molecular complexity index is 843. The number of hydrogen-bond donors (Lipinski definition) is 1. The second-order valence-electron chi connectivity index (χ2n) is 5.12. The highest BCUT2D eigenvalue weighted by Crippen LogP contribution is 2.28. The van der Waals surface area contributed by atoms with Gasteiger partial charge in [0.25, 0.3) is 0 Å². The predicted molar refractivity (Wildman–Crippen MR) is 78.7 cm³/mol.